The number of hydrogen-bond acceptors (Lipinski definition) is 4. The summed E-state index contributed by atoms with van der Waals surface area (Å²) < 4.78 is 25.9. The molecule has 0 radical (unpaired) electrons. The summed E-state index contributed by atoms with van der Waals surface area (Å²) >= 11 is 0. The van der Waals surface area contributed by atoms with Gasteiger partial charge in [0.15, 0.2) is 0 Å². The van der Waals surface area contributed by atoms with Gasteiger partial charge >= 0.3 is 0 Å². The van der Waals surface area contributed by atoms with Gasteiger partial charge in [0.1, 0.15) is 0 Å². The first kappa shape index (κ1) is 11.9. The molecule has 0 spiro atoms. The molecule has 2 heterocycles. The van der Waals surface area contributed by atoms with E-state index in [2.05, 4.69) is 10.2 Å². The van der Waals surface area contributed by atoms with Crippen molar-refractivity contribution in [2.24, 2.45) is 0 Å². The predicted molar refractivity (Wildman–Crippen MR) is 66.4 cm³/mol. The number of nitrogens with one attached hydrogen (secondary N) is 1. The van der Waals surface area contributed by atoms with Crippen LogP contribution in [0.2, 0.25) is 0 Å². The van der Waals surface area contributed by atoms with Crippen molar-refractivity contribution in [3.63, 3.8) is 0 Å². The van der Waals surface area contributed by atoms with Crippen molar-refractivity contribution in [2.75, 3.05) is 39.3 Å². The van der Waals surface area contributed by atoms with Crippen molar-refractivity contribution < 1.29 is 8.42 Å². The molecule has 1 atom stereocenters. The van der Waals surface area contributed by atoms with Crippen molar-refractivity contribution in [3.05, 3.63) is 0 Å². The summed E-state index contributed by atoms with van der Waals surface area (Å²) in [7, 11) is -2.94. The molecule has 3 fully saturated rings. The standard InChI is InChI=1S/C11H21N3O2S/c15-17(16,11-1-2-11)14-7-5-13(6-8-14)10-3-4-12-9-10/h10-12H,1-9H2. The SMILES string of the molecule is O=S(=O)(C1CC1)N1CCN(C2CCNC2)CC1. The fourth-order valence-electron chi connectivity index (χ4n) is 2.85. The van der Waals surface area contributed by atoms with Gasteiger partial charge in [-0.2, -0.15) is 4.31 Å². The maximum atomic E-state index is 12.1. The third kappa shape index (κ3) is 2.36. The zero-order valence-corrected chi connectivity index (χ0v) is 11.0. The van der Waals surface area contributed by atoms with Crippen LogP contribution in [0.5, 0.6) is 0 Å². The lowest BCUT2D eigenvalue weighted by Gasteiger charge is -2.37. The molecule has 0 amide bonds. The lowest BCUT2D eigenvalue weighted by atomic mass is 10.2. The summed E-state index contributed by atoms with van der Waals surface area (Å²) in [5.74, 6) is 0. The fourth-order valence-corrected chi connectivity index (χ4v) is 4.68. The molecule has 3 rings (SSSR count). The molecular weight excluding hydrogens is 238 g/mol. The number of rotatable bonds is 3. The van der Waals surface area contributed by atoms with Crippen LogP contribution >= 0.6 is 0 Å². The largest absolute Gasteiger partial charge is 0.315 e. The van der Waals surface area contributed by atoms with E-state index >= 15 is 0 Å². The lowest BCUT2D eigenvalue weighted by Crippen LogP contribution is -2.53. The van der Waals surface area contributed by atoms with Crippen LogP contribution in [-0.4, -0.2) is 68.2 Å². The first-order valence-corrected chi connectivity index (χ1v) is 8.12. The van der Waals surface area contributed by atoms with E-state index in [1.807, 2.05) is 0 Å². The highest BCUT2D eigenvalue weighted by Gasteiger charge is 2.41. The van der Waals surface area contributed by atoms with Gasteiger partial charge in [-0.15, -0.1) is 0 Å². The second-order valence-electron chi connectivity index (χ2n) is 5.33. The monoisotopic (exact) mass is 259 g/mol. The molecule has 6 heteroatoms. The van der Waals surface area contributed by atoms with Gasteiger partial charge in [-0.1, -0.05) is 0 Å². The minimum atomic E-state index is -2.94. The second kappa shape index (κ2) is 4.50. The third-order valence-corrected chi connectivity index (χ3v) is 6.53. The van der Waals surface area contributed by atoms with Gasteiger partial charge in [0.25, 0.3) is 0 Å². The Bertz CT molecular complexity index is 366. The van der Waals surface area contributed by atoms with Crippen LogP contribution in [0.3, 0.4) is 0 Å². The van der Waals surface area contributed by atoms with E-state index in [0.29, 0.717) is 19.1 Å². The summed E-state index contributed by atoms with van der Waals surface area (Å²) in [6.45, 7) is 5.35. The van der Waals surface area contributed by atoms with E-state index in [1.54, 1.807) is 4.31 Å². The molecule has 5 nitrogen and oxygen atoms in total. The summed E-state index contributed by atoms with van der Waals surface area (Å²) in [6, 6.07) is 0.626. The van der Waals surface area contributed by atoms with E-state index in [-0.39, 0.29) is 5.25 Å². The first-order chi connectivity index (χ1) is 8.18. The van der Waals surface area contributed by atoms with Crippen LogP contribution < -0.4 is 5.32 Å². The van der Waals surface area contributed by atoms with Crippen molar-refractivity contribution in [3.8, 4) is 0 Å². The van der Waals surface area contributed by atoms with Crippen molar-refractivity contribution in [1.82, 2.24) is 14.5 Å². The molecule has 1 unspecified atom stereocenters. The van der Waals surface area contributed by atoms with Gasteiger partial charge < -0.3 is 5.32 Å². The number of nitrogens with zero attached hydrogens (tertiary/aromatic N) is 2. The van der Waals surface area contributed by atoms with E-state index in [0.717, 1.165) is 39.0 Å². The Morgan fingerprint density at radius 2 is 1.71 bits per heavy atom. The molecule has 98 valence electrons. The van der Waals surface area contributed by atoms with E-state index < -0.39 is 10.0 Å². The Balaban J connectivity index is 1.56. The molecule has 3 aliphatic rings. The van der Waals surface area contributed by atoms with E-state index in [4.69, 9.17) is 0 Å². The van der Waals surface area contributed by atoms with Gasteiger partial charge in [0.2, 0.25) is 10.0 Å². The summed E-state index contributed by atoms with van der Waals surface area (Å²) in [5.41, 5.74) is 0. The maximum Gasteiger partial charge on any atom is 0.217 e. The van der Waals surface area contributed by atoms with E-state index in [1.165, 1.54) is 6.42 Å². The molecule has 2 aliphatic heterocycles. The normalized spacial score (nSPS) is 33.1. The summed E-state index contributed by atoms with van der Waals surface area (Å²) in [4.78, 5) is 2.44. The Morgan fingerprint density at radius 1 is 1.00 bits per heavy atom. The number of hydrogen-bond donors (Lipinski definition) is 1. The highest BCUT2D eigenvalue weighted by Crippen LogP contribution is 2.31. The second-order valence-corrected chi connectivity index (χ2v) is 7.54. The Hall–Kier alpha value is -0.170. The molecule has 0 aromatic carbocycles. The van der Waals surface area contributed by atoms with Crippen molar-refractivity contribution >= 4 is 10.0 Å². The van der Waals surface area contributed by atoms with E-state index in [9.17, 15) is 8.42 Å². The molecular formula is C11H21N3O2S. The third-order valence-electron chi connectivity index (χ3n) is 4.13. The minimum Gasteiger partial charge on any atom is -0.315 e. The molecule has 1 saturated carbocycles. The average Bonchev–Trinajstić information content (AvgIpc) is 3.07. The molecule has 0 aromatic rings. The Labute approximate surface area is 103 Å². The molecule has 0 aromatic heterocycles. The summed E-state index contributed by atoms with van der Waals surface area (Å²) in [6.07, 6.45) is 2.94. The maximum absolute atomic E-state index is 12.1. The Morgan fingerprint density at radius 3 is 2.24 bits per heavy atom. The van der Waals surface area contributed by atoms with Crippen LogP contribution in [0.1, 0.15) is 19.3 Å². The van der Waals surface area contributed by atoms with Crippen LogP contribution in [0.25, 0.3) is 0 Å². The van der Waals surface area contributed by atoms with Gasteiger partial charge in [0, 0.05) is 38.8 Å². The highest BCUT2D eigenvalue weighted by atomic mass is 32.2. The topological polar surface area (TPSA) is 52.7 Å². The molecule has 1 aliphatic carbocycles. The quantitative estimate of drug-likeness (QED) is 0.739. The lowest BCUT2D eigenvalue weighted by molar-refractivity contribution is 0.145. The molecule has 17 heavy (non-hydrogen) atoms. The van der Waals surface area contributed by atoms with Crippen molar-refractivity contribution in [1.29, 1.82) is 0 Å². The number of sulfonamides is 1. The Kier molecular flexibility index (Phi) is 3.15. The van der Waals surface area contributed by atoms with Gasteiger partial charge in [-0.3, -0.25) is 4.90 Å². The van der Waals surface area contributed by atoms with Crippen LogP contribution in [0.15, 0.2) is 0 Å². The molecule has 2 saturated heterocycles. The zero-order valence-electron chi connectivity index (χ0n) is 10.1. The molecule has 0 bridgehead atoms. The van der Waals surface area contributed by atoms with Crippen LogP contribution in [0, 0.1) is 0 Å². The van der Waals surface area contributed by atoms with Gasteiger partial charge in [0.05, 0.1) is 5.25 Å². The smallest absolute Gasteiger partial charge is 0.217 e. The summed E-state index contributed by atoms with van der Waals surface area (Å²) in [5, 5.41) is 3.31. The predicted octanol–water partition coefficient (Wildman–Crippen LogP) is -0.542. The van der Waals surface area contributed by atoms with Gasteiger partial charge in [-0.05, 0) is 25.8 Å². The van der Waals surface area contributed by atoms with Crippen molar-refractivity contribution in [2.45, 2.75) is 30.6 Å². The minimum absolute atomic E-state index is 0.0535. The first-order valence-electron chi connectivity index (χ1n) is 6.61. The van der Waals surface area contributed by atoms with Crippen LogP contribution in [0.4, 0.5) is 0 Å². The molecule has 1 N–H and O–H groups in total. The highest BCUT2D eigenvalue weighted by molar-refractivity contribution is 7.90. The average molecular weight is 259 g/mol. The van der Waals surface area contributed by atoms with Gasteiger partial charge in [-0.25, -0.2) is 8.42 Å². The number of piperazine rings is 1. The fraction of sp³-hybridized carbons (Fsp3) is 1.00. The van der Waals surface area contributed by atoms with Crippen LogP contribution in [-0.2, 0) is 10.0 Å². The zero-order chi connectivity index (χ0) is 11.9.